The lowest BCUT2D eigenvalue weighted by atomic mass is 9.97. The molecule has 0 saturated heterocycles. The van der Waals surface area contributed by atoms with Crippen LogP contribution >= 0.6 is 11.6 Å². The number of rotatable bonds is 7. The van der Waals surface area contributed by atoms with Gasteiger partial charge in [-0.25, -0.2) is 4.39 Å². The van der Waals surface area contributed by atoms with Gasteiger partial charge in [-0.05, 0) is 36.1 Å². The van der Waals surface area contributed by atoms with E-state index in [-0.39, 0.29) is 18.3 Å². The smallest absolute Gasteiger partial charge is 0.279 e. The normalized spacial score (nSPS) is 13.3. The predicted octanol–water partition coefficient (Wildman–Crippen LogP) is 3.65. The molecule has 0 saturated carbocycles. The van der Waals surface area contributed by atoms with Crippen LogP contribution in [0.4, 0.5) is 10.1 Å². The minimum atomic E-state index is -0.339. The molecule has 5 heteroatoms. The summed E-state index contributed by atoms with van der Waals surface area (Å²) >= 11 is 6.06. The molecule has 1 amide bonds. The number of halogens is 2. The monoisotopic (exact) mass is 363 g/mol. The second kappa shape index (κ2) is 8.97. The Morgan fingerprint density at radius 3 is 2.64 bits per heavy atom. The molecule has 134 valence electrons. The summed E-state index contributed by atoms with van der Waals surface area (Å²) in [5.74, 6) is -0.0612. The van der Waals surface area contributed by atoms with E-state index in [0.29, 0.717) is 23.0 Å². The molecule has 0 aliphatic heterocycles. The highest BCUT2D eigenvalue weighted by atomic mass is 35.5. The topological polar surface area (TPSA) is 33.5 Å². The highest BCUT2D eigenvalue weighted by Crippen LogP contribution is 2.26. The third-order valence-corrected chi connectivity index (χ3v) is 4.73. The summed E-state index contributed by atoms with van der Waals surface area (Å²) < 4.78 is 13.9. The van der Waals surface area contributed by atoms with E-state index in [1.807, 2.05) is 31.3 Å². The largest absolute Gasteiger partial charge is 0.326 e. The first-order valence-electron chi connectivity index (χ1n) is 8.55. The average molecular weight is 364 g/mol. The summed E-state index contributed by atoms with van der Waals surface area (Å²) in [7, 11) is 1.85. The third-order valence-electron chi connectivity index (χ3n) is 4.38. The van der Waals surface area contributed by atoms with Crippen molar-refractivity contribution in [2.24, 2.45) is 0 Å². The van der Waals surface area contributed by atoms with Gasteiger partial charge in [0, 0.05) is 5.69 Å². The van der Waals surface area contributed by atoms with Crippen LogP contribution in [0, 0.1) is 5.82 Å². The van der Waals surface area contributed by atoms with Crippen molar-refractivity contribution in [1.29, 1.82) is 0 Å². The van der Waals surface area contributed by atoms with Gasteiger partial charge in [-0.2, -0.15) is 0 Å². The van der Waals surface area contributed by atoms with Gasteiger partial charge in [0.1, 0.15) is 12.4 Å². The number of nitrogens with one attached hydrogen (secondary N) is 2. The molecule has 2 N–H and O–H groups in total. The van der Waals surface area contributed by atoms with Crippen molar-refractivity contribution in [3.63, 3.8) is 0 Å². The Bertz CT molecular complexity index is 715. The molecule has 0 fully saturated rings. The Labute approximate surface area is 153 Å². The zero-order valence-electron chi connectivity index (χ0n) is 14.9. The van der Waals surface area contributed by atoms with Crippen LogP contribution in [-0.4, -0.2) is 19.5 Å². The lowest BCUT2D eigenvalue weighted by molar-refractivity contribution is -0.885. The molecule has 0 aliphatic carbocycles. The first kappa shape index (κ1) is 19.4. The molecule has 1 unspecified atom stereocenters. The summed E-state index contributed by atoms with van der Waals surface area (Å²) in [6.45, 7) is 4.85. The van der Waals surface area contributed by atoms with Crippen molar-refractivity contribution in [3.05, 3.63) is 64.4 Å². The van der Waals surface area contributed by atoms with Crippen LogP contribution in [0.3, 0.4) is 0 Å². The van der Waals surface area contributed by atoms with E-state index in [1.165, 1.54) is 6.07 Å². The van der Waals surface area contributed by atoms with Crippen molar-refractivity contribution >= 4 is 23.2 Å². The van der Waals surface area contributed by atoms with Crippen molar-refractivity contribution in [2.75, 3.05) is 18.9 Å². The third kappa shape index (κ3) is 5.28. The fourth-order valence-electron chi connectivity index (χ4n) is 2.79. The molecule has 2 rings (SSSR count). The molecular weight excluding hydrogens is 339 g/mol. The van der Waals surface area contributed by atoms with Gasteiger partial charge in [0.2, 0.25) is 0 Å². The number of para-hydroxylation sites is 1. The molecule has 0 spiro atoms. The molecular formula is C20H25ClFN2O+. The molecule has 0 aliphatic rings. The molecule has 2 aromatic rings. The average Bonchev–Trinajstić information content (AvgIpc) is 2.58. The van der Waals surface area contributed by atoms with Crippen molar-refractivity contribution in [2.45, 2.75) is 32.7 Å². The summed E-state index contributed by atoms with van der Waals surface area (Å²) in [5, 5.41) is 3.38. The van der Waals surface area contributed by atoms with E-state index >= 15 is 0 Å². The van der Waals surface area contributed by atoms with Gasteiger partial charge in [-0.3, -0.25) is 4.79 Å². The van der Waals surface area contributed by atoms with Crippen LogP contribution in [0.25, 0.3) is 0 Å². The predicted molar refractivity (Wildman–Crippen MR) is 101 cm³/mol. The van der Waals surface area contributed by atoms with Gasteiger partial charge >= 0.3 is 0 Å². The van der Waals surface area contributed by atoms with E-state index in [9.17, 15) is 9.18 Å². The zero-order chi connectivity index (χ0) is 18.4. The van der Waals surface area contributed by atoms with E-state index in [4.69, 9.17) is 11.6 Å². The fourth-order valence-corrected chi connectivity index (χ4v) is 3.02. The van der Waals surface area contributed by atoms with Gasteiger partial charge < -0.3 is 10.2 Å². The van der Waals surface area contributed by atoms with Crippen LogP contribution < -0.4 is 10.2 Å². The van der Waals surface area contributed by atoms with Crippen LogP contribution in [0.5, 0.6) is 0 Å². The molecule has 3 nitrogen and oxygen atoms in total. The molecule has 0 radical (unpaired) electrons. The lowest BCUT2D eigenvalue weighted by Crippen LogP contribution is -3.08. The van der Waals surface area contributed by atoms with Crippen LogP contribution in [0.15, 0.2) is 42.5 Å². The number of quaternary nitrogens is 1. The van der Waals surface area contributed by atoms with E-state index in [2.05, 4.69) is 19.2 Å². The van der Waals surface area contributed by atoms with Gasteiger partial charge in [0.05, 0.1) is 17.6 Å². The summed E-state index contributed by atoms with van der Waals surface area (Å²) in [5.41, 5.74) is 2.42. The molecule has 0 bridgehead atoms. The van der Waals surface area contributed by atoms with Crippen molar-refractivity contribution < 1.29 is 14.1 Å². The Hall–Kier alpha value is -1.91. The van der Waals surface area contributed by atoms with Crippen LogP contribution in [0.2, 0.25) is 5.02 Å². The van der Waals surface area contributed by atoms with Crippen molar-refractivity contribution in [3.8, 4) is 0 Å². The summed E-state index contributed by atoms with van der Waals surface area (Å²) in [6.07, 6.45) is 1.00. The number of anilines is 1. The first-order valence-corrected chi connectivity index (χ1v) is 8.93. The van der Waals surface area contributed by atoms with Crippen LogP contribution in [0.1, 0.15) is 37.3 Å². The first-order chi connectivity index (χ1) is 11.9. The molecule has 25 heavy (non-hydrogen) atoms. The number of amides is 1. The quantitative estimate of drug-likeness (QED) is 0.773. The fraction of sp³-hybridized carbons (Fsp3) is 0.350. The molecule has 0 heterocycles. The lowest BCUT2D eigenvalue weighted by Gasteiger charge is -2.18. The van der Waals surface area contributed by atoms with E-state index in [0.717, 1.165) is 22.6 Å². The minimum Gasteiger partial charge on any atom is -0.326 e. The number of carbonyl (C=O) groups is 1. The van der Waals surface area contributed by atoms with Crippen LogP contribution in [-0.2, 0) is 11.3 Å². The number of hydrogen-bond donors (Lipinski definition) is 2. The zero-order valence-corrected chi connectivity index (χ0v) is 15.7. The molecule has 0 aromatic heterocycles. The van der Waals surface area contributed by atoms with E-state index in [1.54, 1.807) is 12.1 Å². The summed E-state index contributed by atoms with van der Waals surface area (Å²) in [4.78, 5) is 13.3. The Balaban J connectivity index is 2.01. The highest BCUT2D eigenvalue weighted by Gasteiger charge is 2.17. The van der Waals surface area contributed by atoms with Gasteiger partial charge in [-0.1, -0.05) is 49.7 Å². The second-order valence-corrected chi connectivity index (χ2v) is 6.86. The Morgan fingerprint density at radius 1 is 1.24 bits per heavy atom. The minimum absolute atomic E-state index is 0.0966. The van der Waals surface area contributed by atoms with Gasteiger partial charge in [0.25, 0.3) is 5.91 Å². The van der Waals surface area contributed by atoms with E-state index < -0.39 is 0 Å². The molecule has 2 aromatic carbocycles. The van der Waals surface area contributed by atoms with Gasteiger partial charge in [0.15, 0.2) is 6.54 Å². The maximum atomic E-state index is 13.9. The number of hydrogen-bond acceptors (Lipinski definition) is 1. The van der Waals surface area contributed by atoms with Gasteiger partial charge in [-0.15, -0.1) is 0 Å². The standard InChI is InChI=1S/C20H24ClFN2O/c1-4-14(2)15-8-5-6-11-19(15)23-20(25)13-24(3)12-16-17(21)9-7-10-18(16)22/h5-11,14H,4,12-13H2,1-3H3,(H,23,25)/p+1/t14-/m0/s1. The highest BCUT2D eigenvalue weighted by molar-refractivity contribution is 6.31. The SMILES string of the molecule is CC[C@H](C)c1ccccc1NC(=O)C[NH+](C)Cc1c(F)cccc1Cl. The maximum Gasteiger partial charge on any atom is 0.279 e. The van der Waals surface area contributed by atoms with Crippen molar-refractivity contribution in [1.82, 2.24) is 0 Å². The number of benzene rings is 2. The molecule has 2 atom stereocenters. The Kier molecular flexibility index (Phi) is 6.97. The maximum absolute atomic E-state index is 13.9. The second-order valence-electron chi connectivity index (χ2n) is 6.46. The Morgan fingerprint density at radius 2 is 1.96 bits per heavy atom. The summed E-state index contributed by atoms with van der Waals surface area (Å²) in [6, 6.07) is 12.5. The number of carbonyl (C=O) groups excluding carboxylic acids is 1. The number of likely N-dealkylation sites (N-methyl/N-ethyl adjacent to an activating group) is 1.